The Morgan fingerprint density at radius 2 is 1.90 bits per heavy atom. The first-order chi connectivity index (χ1) is 9.60. The summed E-state index contributed by atoms with van der Waals surface area (Å²) >= 11 is 0. The van der Waals surface area contributed by atoms with Gasteiger partial charge in [0.25, 0.3) is 0 Å². The second kappa shape index (κ2) is 6.93. The van der Waals surface area contributed by atoms with Crippen LogP contribution in [0.25, 0.3) is 0 Å². The molecular formula is C15H20F3NO2. The average molecular weight is 303 g/mol. The highest BCUT2D eigenvalue weighted by molar-refractivity contribution is 5.75. The minimum atomic E-state index is -4.32. The van der Waals surface area contributed by atoms with Gasteiger partial charge in [0.15, 0.2) is 0 Å². The molecule has 1 N–H and O–H groups in total. The summed E-state index contributed by atoms with van der Waals surface area (Å²) in [4.78, 5) is 16.3. The van der Waals surface area contributed by atoms with Gasteiger partial charge >= 0.3 is 12.1 Å². The van der Waals surface area contributed by atoms with E-state index in [4.69, 9.17) is 4.84 Å². The van der Waals surface area contributed by atoms with E-state index in [0.717, 1.165) is 12.1 Å². The Balaban J connectivity index is 2.35. The van der Waals surface area contributed by atoms with Gasteiger partial charge in [0.1, 0.15) is 0 Å². The van der Waals surface area contributed by atoms with Gasteiger partial charge in [0.2, 0.25) is 0 Å². The molecule has 6 heteroatoms. The van der Waals surface area contributed by atoms with Crippen LogP contribution in [-0.2, 0) is 22.2 Å². The highest BCUT2D eigenvalue weighted by Gasteiger charge is 2.30. The fourth-order valence-electron chi connectivity index (χ4n) is 1.54. The lowest BCUT2D eigenvalue weighted by Gasteiger charge is -2.16. The highest BCUT2D eigenvalue weighted by Crippen LogP contribution is 2.29. The van der Waals surface area contributed by atoms with E-state index in [1.54, 1.807) is 26.8 Å². The first kappa shape index (κ1) is 17.5. The molecule has 0 aromatic heterocycles. The Morgan fingerprint density at radius 1 is 1.24 bits per heavy atom. The lowest BCUT2D eigenvalue weighted by atomic mass is 9.98. The lowest BCUT2D eigenvalue weighted by Crippen LogP contribution is -2.30. The zero-order valence-electron chi connectivity index (χ0n) is 12.4. The summed E-state index contributed by atoms with van der Waals surface area (Å²) in [6.45, 7) is 5.59. The van der Waals surface area contributed by atoms with Gasteiger partial charge in [0, 0.05) is 6.54 Å². The molecule has 21 heavy (non-hydrogen) atoms. The first-order valence-electron chi connectivity index (χ1n) is 6.71. The number of benzene rings is 1. The van der Waals surface area contributed by atoms with Gasteiger partial charge in [-0.25, -0.2) is 4.79 Å². The molecule has 0 spiro atoms. The molecule has 0 fully saturated rings. The molecule has 0 amide bonds. The predicted octanol–water partition coefficient (Wildman–Crippen LogP) is 3.73. The maximum atomic E-state index is 12.5. The van der Waals surface area contributed by atoms with Crippen LogP contribution >= 0.6 is 0 Å². The quantitative estimate of drug-likeness (QED) is 0.665. The molecule has 0 saturated carbocycles. The molecule has 0 atom stereocenters. The number of rotatable bonds is 5. The van der Waals surface area contributed by atoms with Gasteiger partial charge < -0.3 is 4.84 Å². The molecular weight excluding hydrogens is 283 g/mol. The third kappa shape index (κ3) is 6.16. The van der Waals surface area contributed by atoms with Gasteiger partial charge in [-0.2, -0.15) is 18.7 Å². The second-order valence-corrected chi connectivity index (χ2v) is 5.84. The van der Waals surface area contributed by atoms with E-state index in [2.05, 4.69) is 5.48 Å². The van der Waals surface area contributed by atoms with Crippen LogP contribution in [0.4, 0.5) is 13.2 Å². The Morgan fingerprint density at radius 3 is 2.48 bits per heavy atom. The number of aryl methyl sites for hydroxylation is 1. The highest BCUT2D eigenvalue weighted by atomic mass is 19.4. The summed E-state index contributed by atoms with van der Waals surface area (Å²) in [7, 11) is 0. The number of halogens is 3. The number of hydrogen-bond acceptors (Lipinski definition) is 3. The monoisotopic (exact) mass is 303 g/mol. The Hall–Kier alpha value is -1.56. The topological polar surface area (TPSA) is 38.3 Å². The van der Waals surface area contributed by atoms with E-state index < -0.39 is 17.2 Å². The normalized spacial score (nSPS) is 12.3. The van der Waals surface area contributed by atoms with Gasteiger partial charge in [-0.15, -0.1) is 0 Å². The van der Waals surface area contributed by atoms with E-state index >= 15 is 0 Å². The minimum absolute atomic E-state index is 0.374. The lowest BCUT2D eigenvalue weighted by molar-refractivity contribution is -0.160. The number of hydrogen-bond donors (Lipinski definition) is 1. The molecule has 0 aliphatic heterocycles. The SMILES string of the molecule is CC(C)(C)C(=O)ONCCCc1cccc(C(F)(F)F)c1. The summed E-state index contributed by atoms with van der Waals surface area (Å²) in [5.41, 5.74) is 1.90. The van der Waals surface area contributed by atoms with Crippen LogP contribution in [0.5, 0.6) is 0 Å². The summed E-state index contributed by atoms with van der Waals surface area (Å²) < 4.78 is 37.6. The minimum Gasteiger partial charge on any atom is -0.370 e. The largest absolute Gasteiger partial charge is 0.416 e. The van der Waals surface area contributed by atoms with Gasteiger partial charge in [0.05, 0.1) is 11.0 Å². The van der Waals surface area contributed by atoms with Crippen molar-refractivity contribution in [2.75, 3.05) is 6.54 Å². The molecule has 118 valence electrons. The van der Waals surface area contributed by atoms with Crippen molar-refractivity contribution in [1.82, 2.24) is 5.48 Å². The van der Waals surface area contributed by atoms with Crippen molar-refractivity contribution in [3.8, 4) is 0 Å². The van der Waals surface area contributed by atoms with Crippen LogP contribution < -0.4 is 5.48 Å². The number of nitrogens with one attached hydrogen (secondary N) is 1. The Labute approximate surface area is 122 Å². The molecule has 1 rings (SSSR count). The summed E-state index contributed by atoms with van der Waals surface area (Å²) in [5.74, 6) is -0.374. The predicted molar refractivity (Wildman–Crippen MR) is 73.3 cm³/mol. The van der Waals surface area contributed by atoms with E-state index in [9.17, 15) is 18.0 Å². The molecule has 0 saturated heterocycles. The van der Waals surface area contributed by atoms with Crippen LogP contribution in [0.1, 0.15) is 38.3 Å². The number of hydroxylamine groups is 1. The van der Waals surface area contributed by atoms with Crippen LogP contribution in [-0.4, -0.2) is 12.5 Å². The maximum Gasteiger partial charge on any atom is 0.416 e. The third-order valence-electron chi connectivity index (χ3n) is 2.78. The molecule has 0 bridgehead atoms. The fourth-order valence-corrected chi connectivity index (χ4v) is 1.54. The van der Waals surface area contributed by atoms with Crippen LogP contribution in [0.15, 0.2) is 24.3 Å². The fraction of sp³-hybridized carbons (Fsp3) is 0.533. The smallest absolute Gasteiger partial charge is 0.370 e. The van der Waals surface area contributed by atoms with E-state index in [0.29, 0.717) is 24.9 Å². The Kier molecular flexibility index (Phi) is 5.78. The van der Waals surface area contributed by atoms with Gasteiger partial charge in [-0.1, -0.05) is 18.2 Å². The Bertz CT molecular complexity index is 479. The molecule has 0 aliphatic rings. The molecule has 0 radical (unpaired) electrons. The van der Waals surface area contributed by atoms with E-state index in [1.807, 2.05) is 0 Å². The molecule has 3 nitrogen and oxygen atoms in total. The van der Waals surface area contributed by atoms with Gasteiger partial charge in [-0.05, 0) is 45.2 Å². The van der Waals surface area contributed by atoms with Crippen molar-refractivity contribution in [3.63, 3.8) is 0 Å². The van der Waals surface area contributed by atoms with E-state index in [1.165, 1.54) is 6.07 Å². The van der Waals surface area contributed by atoms with Crippen LogP contribution in [0.3, 0.4) is 0 Å². The van der Waals surface area contributed by atoms with Crippen molar-refractivity contribution in [1.29, 1.82) is 0 Å². The van der Waals surface area contributed by atoms with Crippen molar-refractivity contribution >= 4 is 5.97 Å². The second-order valence-electron chi connectivity index (χ2n) is 5.84. The molecule has 1 aromatic rings. The molecule has 1 aromatic carbocycles. The molecule has 0 aliphatic carbocycles. The number of carbonyl (C=O) groups is 1. The average Bonchev–Trinajstić information content (AvgIpc) is 2.36. The van der Waals surface area contributed by atoms with Crippen molar-refractivity contribution < 1.29 is 22.8 Å². The zero-order chi connectivity index (χ0) is 16.1. The molecule has 0 heterocycles. The molecule has 0 unspecified atom stereocenters. The standard InChI is InChI=1S/C15H20F3NO2/c1-14(2,3)13(20)21-19-9-5-7-11-6-4-8-12(10-11)15(16,17)18/h4,6,8,10,19H,5,7,9H2,1-3H3. The van der Waals surface area contributed by atoms with Crippen LogP contribution in [0.2, 0.25) is 0 Å². The van der Waals surface area contributed by atoms with Crippen molar-refractivity contribution in [2.45, 2.75) is 39.8 Å². The first-order valence-corrected chi connectivity index (χ1v) is 6.71. The van der Waals surface area contributed by atoms with Crippen molar-refractivity contribution in [2.24, 2.45) is 5.41 Å². The summed E-state index contributed by atoms with van der Waals surface area (Å²) in [6, 6.07) is 5.23. The maximum absolute atomic E-state index is 12.5. The summed E-state index contributed by atoms with van der Waals surface area (Å²) in [5, 5.41) is 0. The van der Waals surface area contributed by atoms with Gasteiger partial charge in [-0.3, -0.25) is 0 Å². The van der Waals surface area contributed by atoms with E-state index in [-0.39, 0.29) is 5.97 Å². The summed E-state index contributed by atoms with van der Waals surface area (Å²) in [6.07, 6.45) is -3.28. The van der Waals surface area contributed by atoms with Crippen molar-refractivity contribution in [3.05, 3.63) is 35.4 Å². The number of carbonyl (C=O) groups excluding carboxylic acids is 1. The zero-order valence-corrected chi connectivity index (χ0v) is 12.4. The van der Waals surface area contributed by atoms with Crippen LogP contribution in [0, 0.1) is 5.41 Å². The third-order valence-corrected chi connectivity index (χ3v) is 2.78. The number of alkyl halides is 3.